The van der Waals surface area contributed by atoms with Crippen LogP contribution in [0.15, 0.2) is 0 Å². The Kier molecular flexibility index (Phi) is 2.39. The van der Waals surface area contributed by atoms with Gasteiger partial charge in [0, 0.05) is 6.61 Å². The zero-order valence-electron chi connectivity index (χ0n) is 5.50. The number of carbonyl (C=O) groups is 2. The molecule has 0 saturated carbocycles. The van der Waals surface area contributed by atoms with Crippen LogP contribution in [0.1, 0.15) is 6.42 Å². The summed E-state index contributed by atoms with van der Waals surface area (Å²) < 4.78 is 4.97. The van der Waals surface area contributed by atoms with E-state index >= 15 is 0 Å². The lowest BCUT2D eigenvalue weighted by Crippen LogP contribution is -2.35. The minimum Gasteiger partial charge on any atom is -0.379 e. The highest BCUT2D eigenvalue weighted by Crippen LogP contribution is 2.01. The Bertz CT molecular complexity index is 140. The molecule has 4 heteroatoms. The largest absolute Gasteiger partial charge is 0.379 e. The fourth-order valence-corrected chi connectivity index (χ4v) is 0.884. The average molecular weight is 143 g/mol. The summed E-state index contributed by atoms with van der Waals surface area (Å²) in [6.45, 7) is 1.20. The summed E-state index contributed by atoms with van der Waals surface area (Å²) >= 11 is 0. The van der Waals surface area contributed by atoms with Crippen LogP contribution in [0.5, 0.6) is 0 Å². The lowest BCUT2D eigenvalue weighted by atomic mass is 10.3. The van der Waals surface area contributed by atoms with Crippen LogP contribution in [0.4, 0.5) is 0 Å². The van der Waals surface area contributed by atoms with Crippen LogP contribution in [0, 0.1) is 0 Å². The summed E-state index contributed by atoms with van der Waals surface area (Å²) in [7, 11) is 0. The first-order valence-corrected chi connectivity index (χ1v) is 3.16. The van der Waals surface area contributed by atoms with Gasteiger partial charge in [-0.05, 0) is 6.42 Å². The molecule has 1 aliphatic heterocycles. The summed E-state index contributed by atoms with van der Waals surface area (Å²) in [4.78, 5) is 20.3. The Morgan fingerprint density at radius 1 is 1.70 bits per heavy atom. The van der Waals surface area contributed by atoms with E-state index in [1.54, 1.807) is 0 Å². The van der Waals surface area contributed by atoms with Crippen molar-refractivity contribution in [1.29, 1.82) is 0 Å². The second-order valence-corrected chi connectivity index (χ2v) is 2.19. The highest BCUT2D eigenvalue weighted by atomic mass is 16.5. The van der Waals surface area contributed by atoms with Gasteiger partial charge in [0.1, 0.15) is 0 Å². The third-order valence-electron chi connectivity index (χ3n) is 1.38. The van der Waals surface area contributed by atoms with Crippen molar-refractivity contribution in [3.63, 3.8) is 0 Å². The van der Waals surface area contributed by atoms with E-state index in [1.165, 1.54) is 0 Å². The van der Waals surface area contributed by atoms with Gasteiger partial charge in [0.05, 0.1) is 12.6 Å². The fourth-order valence-electron chi connectivity index (χ4n) is 0.884. The van der Waals surface area contributed by atoms with Gasteiger partial charge < -0.3 is 10.1 Å². The summed E-state index contributed by atoms with van der Waals surface area (Å²) in [6.07, 6.45) is 1.08. The molecule has 0 radical (unpaired) electrons. The highest BCUT2D eigenvalue weighted by molar-refractivity contribution is 6.23. The van der Waals surface area contributed by atoms with Crippen molar-refractivity contribution in [2.24, 2.45) is 0 Å². The van der Waals surface area contributed by atoms with Crippen molar-refractivity contribution in [3.8, 4) is 0 Å². The molecule has 0 unspecified atom stereocenters. The van der Waals surface area contributed by atoms with Gasteiger partial charge in [-0.25, -0.2) is 0 Å². The summed E-state index contributed by atoms with van der Waals surface area (Å²) in [5.41, 5.74) is 0. The van der Waals surface area contributed by atoms with E-state index in [9.17, 15) is 9.59 Å². The van der Waals surface area contributed by atoms with Crippen molar-refractivity contribution in [2.75, 3.05) is 13.2 Å². The Labute approximate surface area is 58.5 Å². The first-order chi connectivity index (χ1) is 4.83. The van der Waals surface area contributed by atoms with Crippen molar-refractivity contribution in [1.82, 2.24) is 5.32 Å². The maximum absolute atomic E-state index is 10.4. The van der Waals surface area contributed by atoms with Crippen LogP contribution in [0.3, 0.4) is 0 Å². The first kappa shape index (κ1) is 7.21. The maximum atomic E-state index is 10.4. The molecule has 0 spiro atoms. The van der Waals surface area contributed by atoms with Crippen LogP contribution in [0.2, 0.25) is 0 Å². The van der Waals surface area contributed by atoms with E-state index in [0.29, 0.717) is 13.2 Å². The van der Waals surface area contributed by atoms with Crippen LogP contribution < -0.4 is 5.32 Å². The maximum Gasteiger partial charge on any atom is 0.284 e. The molecule has 1 saturated heterocycles. The smallest absolute Gasteiger partial charge is 0.284 e. The second-order valence-electron chi connectivity index (χ2n) is 2.19. The molecule has 4 nitrogen and oxygen atoms in total. The van der Waals surface area contributed by atoms with E-state index in [1.807, 2.05) is 0 Å². The second kappa shape index (κ2) is 3.31. The third-order valence-corrected chi connectivity index (χ3v) is 1.38. The molecule has 0 aliphatic carbocycles. The third kappa shape index (κ3) is 1.80. The van der Waals surface area contributed by atoms with Crippen LogP contribution >= 0.6 is 0 Å². The van der Waals surface area contributed by atoms with Gasteiger partial charge >= 0.3 is 0 Å². The van der Waals surface area contributed by atoms with E-state index in [2.05, 4.69) is 5.32 Å². The van der Waals surface area contributed by atoms with Crippen LogP contribution in [0.25, 0.3) is 0 Å². The number of nitrogens with one attached hydrogen (secondary N) is 1. The minimum atomic E-state index is -0.560. The van der Waals surface area contributed by atoms with E-state index in [0.717, 1.165) is 6.42 Å². The number of hydrogen-bond acceptors (Lipinski definition) is 3. The number of carbonyl (C=O) groups excluding carboxylic acids is 2. The monoisotopic (exact) mass is 143 g/mol. The topological polar surface area (TPSA) is 55.4 Å². The Hall–Kier alpha value is -0.900. The van der Waals surface area contributed by atoms with Crippen molar-refractivity contribution < 1.29 is 14.3 Å². The number of hydrogen-bond donors (Lipinski definition) is 1. The zero-order chi connectivity index (χ0) is 7.40. The lowest BCUT2D eigenvalue weighted by Gasteiger charge is -2.05. The number of amides is 1. The number of rotatable bonds is 2. The summed E-state index contributed by atoms with van der Waals surface area (Å²) in [5, 5.41) is 2.50. The molecule has 1 N–H and O–H groups in total. The standard InChI is InChI=1S/C6H9NO3/c8-3-6(9)7-5-1-2-10-4-5/h3,5H,1-2,4H2,(H,7,9)/t5-/m0/s1. The van der Waals surface area contributed by atoms with Crippen LogP contribution in [-0.2, 0) is 14.3 Å². The Morgan fingerprint density at radius 2 is 2.50 bits per heavy atom. The predicted octanol–water partition coefficient (Wildman–Crippen LogP) is -0.910. The Morgan fingerprint density at radius 3 is 3.00 bits per heavy atom. The summed E-state index contributed by atoms with van der Waals surface area (Å²) in [5.74, 6) is -0.560. The summed E-state index contributed by atoms with van der Waals surface area (Å²) in [6, 6.07) is 0.0395. The van der Waals surface area contributed by atoms with Crippen molar-refractivity contribution in [3.05, 3.63) is 0 Å². The predicted molar refractivity (Wildman–Crippen MR) is 33.4 cm³/mol. The van der Waals surface area contributed by atoms with Crippen LogP contribution in [-0.4, -0.2) is 31.4 Å². The van der Waals surface area contributed by atoms with Gasteiger partial charge in [-0.2, -0.15) is 0 Å². The van der Waals surface area contributed by atoms with Gasteiger partial charge in [-0.1, -0.05) is 0 Å². The highest BCUT2D eigenvalue weighted by Gasteiger charge is 2.16. The fraction of sp³-hybridized carbons (Fsp3) is 0.667. The van der Waals surface area contributed by atoms with Gasteiger partial charge in [-0.15, -0.1) is 0 Å². The van der Waals surface area contributed by atoms with Crippen molar-refractivity contribution >= 4 is 12.2 Å². The molecule has 0 aromatic heterocycles. The van der Waals surface area contributed by atoms with Gasteiger partial charge in [0.25, 0.3) is 5.91 Å². The quantitative estimate of drug-likeness (QED) is 0.402. The van der Waals surface area contributed by atoms with Gasteiger partial charge in [0.2, 0.25) is 6.29 Å². The zero-order valence-corrected chi connectivity index (χ0v) is 5.50. The molecule has 1 rings (SSSR count). The molecule has 10 heavy (non-hydrogen) atoms. The van der Waals surface area contributed by atoms with E-state index < -0.39 is 5.91 Å². The van der Waals surface area contributed by atoms with E-state index in [-0.39, 0.29) is 12.3 Å². The molecule has 1 amide bonds. The molecule has 0 aromatic carbocycles. The normalized spacial score (nSPS) is 24.2. The molecule has 1 heterocycles. The number of aldehydes is 1. The molecule has 0 aromatic rings. The Balaban J connectivity index is 2.23. The molecule has 1 aliphatic rings. The molecular weight excluding hydrogens is 134 g/mol. The molecular formula is C6H9NO3. The van der Waals surface area contributed by atoms with E-state index in [4.69, 9.17) is 4.74 Å². The van der Waals surface area contributed by atoms with Crippen molar-refractivity contribution in [2.45, 2.75) is 12.5 Å². The van der Waals surface area contributed by atoms with Gasteiger partial charge in [-0.3, -0.25) is 9.59 Å². The SMILES string of the molecule is O=CC(=O)N[C@H]1CCOC1. The van der Waals surface area contributed by atoms with Gasteiger partial charge in [0.15, 0.2) is 0 Å². The average Bonchev–Trinajstić information content (AvgIpc) is 2.40. The molecule has 0 bridgehead atoms. The lowest BCUT2D eigenvalue weighted by molar-refractivity contribution is -0.131. The molecule has 1 atom stereocenters. The number of ether oxygens (including phenoxy) is 1. The molecule has 1 fully saturated rings. The first-order valence-electron chi connectivity index (χ1n) is 3.16. The minimum absolute atomic E-state index is 0.0395. The molecule has 56 valence electrons.